The quantitative estimate of drug-likeness (QED) is 0.0542. The lowest BCUT2D eigenvalue weighted by atomic mass is 9.91. The molecule has 4 N–H and O–H groups in total. The van der Waals surface area contributed by atoms with E-state index in [9.17, 15) is 19.8 Å². The van der Waals surface area contributed by atoms with Gasteiger partial charge in [0.05, 0.1) is 29.0 Å². The Bertz CT molecular complexity index is 1990. The van der Waals surface area contributed by atoms with Crippen LogP contribution in [0, 0.1) is 0 Å². The number of nitrogens with one attached hydrogen (secondary N) is 2. The van der Waals surface area contributed by atoms with E-state index in [1.54, 1.807) is 31.4 Å². The minimum Gasteiger partial charge on any atom is -0.506 e. The highest BCUT2D eigenvalue weighted by Gasteiger charge is 2.45. The first kappa shape index (κ1) is 39.5. The van der Waals surface area contributed by atoms with E-state index in [1.807, 2.05) is 35.0 Å². The Labute approximate surface area is 324 Å². The highest BCUT2D eigenvalue weighted by atomic mass is 32.1. The van der Waals surface area contributed by atoms with Crippen LogP contribution in [0.4, 0.5) is 0 Å². The fourth-order valence-electron chi connectivity index (χ4n) is 7.32. The lowest BCUT2D eigenvalue weighted by Crippen LogP contribution is -2.42. The van der Waals surface area contributed by atoms with E-state index >= 15 is 0 Å². The molecule has 1 saturated carbocycles. The molecular weight excluding hydrogens is 723 g/mol. The molecule has 3 heterocycles. The Morgan fingerprint density at radius 2 is 1.70 bits per heavy atom. The summed E-state index contributed by atoms with van der Waals surface area (Å²) >= 11 is 2.72. The number of phenolic OH excluding ortho intramolecular Hbond substituents is 1. The lowest BCUT2D eigenvalue weighted by Gasteiger charge is -2.35. The number of methoxy groups -OCH3 is 1. The van der Waals surface area contributed by atoms with E-state index in [1.165, 1.54) is 28.7 Å². The van der Waals surface area contributed by atoms with Gasteiger partial charge in [0.15, 0.2) is 0 Å². The van der Waals surface area contributed by atoms with Crippen molar-refractivity contribution in [1.29, 1.82) is 0 Å². The van der Waals surface area contributed by atoms with Crippen LogP contribution in [-0.2, 0) is 34.5 Å². The summed E-state index contributed by atoms with van der Waals surface area (Å²) in [4.78, 5) is 31.4. The molecule has 288 valence electrons. The highest BCUT2D eigenvalue weighted by molar-refractivity contribution is 7.12. The number of nitrogens with zero attached hydrogens (tertiary/aromatic N) is 1. The van der Waals surface area contributed by atoms with E-state index in [0.717, 1.165) is 91.5 Å². The monoisotopic (exact) mass is 773 g/mol. The van der Waals surface area contributed by atoms with Crippen molar-refractivity contribution in [3.63, 3.8) is 0 Å². The number of hydrogen-bond acceptors (Lipinski definition) is 11. The number of thiophene rings is 2. The van der Waals surface area contributed by atoms with E-state index in [0.29, 0.717) is 41.0 Å². The van der Waals surface area contributed by atoms with Gasteiger partial charge in [0.1, 0.15) is 23.4 Å². The number of benzene rings is 2. The number of hydrogen-bond donors (Lipinski definition) is 4. The van der Waals surface area contributed by atoms with Crippen molar-refractivity contribution in [2.24, 2.45) is 0 Å². The maximum absolute atomic E-state index is 13.4. The van der Waals surface area contributed by atoms with E-state index in [4.69, 9.17) is 14.2 Å². The van der Waals surface area contributed by atoms with Gasteiger partial charge in [-0.15, -0.1) is 22.7 Å². The van der Waals surface area contributed by atoms with E-state index in [2.05, 4.69) is 35.2 Å². The third-order valence-electron chi connectivity index (χ3n) is 10.4. The molecule has 1 fully saturated rings. The Kier molecular flexibility index (Phi) is 13.5. The van der Waals surface area contributed by atoms with Gasteiger partial charge in [-0.2, -0.15) is 0 Å². The van der Waals surface area contributed by atoms with Crippen LogP contribution in [0.3, 0.4) is 0 Å². The fourth-order valence-corrected chi connectivity index (χ4v) is 9.03. The molecule has 1 aliphatic rings. The van der Waals surface area contributed by atoms with Crippen molar-refractivity contribution in [3.05, 3.63) is 108 Å². The zero-order valence-electron chi connectivity index (χ0n) is 31.3. The molecule has 0 aliphatic heterocycles. The van der Waals surface area contributed by atoms with Crippen LogP contribution in [-0.4, -0.2) is 72.1 Å². The van der Waals surface area contributed by atoms with Crippen LogP contribution in [0.1, 0.15) is 71.9 Å². The van der Waals surface area contributed by atoms with Crippen molar-refractivity contribution >= 4 is 39.5 Å². The Hall–Kier alpha value is -4.20. The highest BCUT2D eigenvalue weighted by Crippen LogP contribution is 2.38. The molecule has 3 aromatic heterocycles. The molecular formula is C42H51N3O7S2. The predicted octanol–water partition coefficient (Wildman–Crippen LogP) is 7.14. The number of rotatable bonds is 18. The van der Waals surface area contributed by atoms with E-state index < -0.39 is 11.6 Å². The summed E-state index contributed by atoms with van der Waals surface area (Å²) < 4.78 is 18.0. The summed E-state index contributed by atoms with van der Waals surface area (Å²) in [7, 11) is 3.85. The molecule has 0 amide bonds. The average Bonchev–Trinajstić information content (AvgIpc) is 3.94. The van der Waals surface area contributed by atoms with Crippen molar-refractivity contribution in [1.82, 2.24) is 15.2 Å². The summed E-state index contributed by atoms with van der Waals surface area (Å²) in [5, 5.41) is 29.8. The number of aliphatic hydroxyl groups is 1. The molecule has 54 heavy (non-hydrogen) atoms. The third kappa shape index (κ3) is 9.18. The number of unbranched alkanes of at least 4 members (excludes halogenated alkanes) is 1. The maximum atomic E-state index is 13.4. The molecule has 10 nitrogen and oxygen atoms in total. The van der Waals surface area contributed by atoms with Crippen LogP contribution in [0.15, 0.2) is 76.2 Å². The zero-order chi connectivity index (χ0) is 38.1. The van der Waals surface area contributed by atoms with Gasteiger partial charge in [0.2, 0.25) is 11.2 Å². The number of aromatic amines is 1. The zero-order valence-corrected chi connectivity index (χ0v) is 32.9. The molecule has 0 saturated heterocycles. The first-order chi connectivity index (χ1) is 26.2. The van der Waals surface area contributed by atoms with E-state index in [-0.39, 0.29) is 17.4 Å². The number of aromatic nitrogens is 1. The van der Waals surface area contributed by atoms with Crippen molar-refractivity contribution in [2.45, 2.75) is 82.6 Å². The molecule has 0 bridgehead atoms. The van der Waals surface area contributed by atoms with Crippen LogP contribution < -0.4 is 20.3 Å². The summed E-state index contributed by atoms with van der Waals surface area (Å²) in [5.74, 6) is 1.12. The molecule has 1 aliphatic carbocycles. The molecule has 0 spiro atoms. The first-order valence-electron chi connectivity index (χ1n) is 18.8. The number of pyridine rings is 1. The minimum atomic E-state index is -1.77. The number of aromatic hydroxyl groups is 1. The van der Waals surface area contributed by atoms with Crippen molar-refractivity contribution in [3.8, 4) is 17.2 Å². The van der Waals surface area contributed by atoms with Crippen LogP contribution in [0.25, 0.3) is 10.9 Å². The number of H-pyrrole nitrogens is 1. The van der Waals surface area contributed by atoms with Gasteiger partial charge in [-0.05, 0) is 124 Å². The van der Waals surface area contributed by atoms with Gasteiger partial charge < -0.3 is 39.6 Å². The molecule has 0 radical (unpaired) electrons. The maximum Gasteiger partial charge on any atom is 0.349 e. The molecule has 5 aromatic rings. The van der Waals surface area contributed by atoms with Crippen LogP contribution in [0.2, 0.25) is 0 Å². The number of esters is 1. The second kappa shape index (κ2) is 18.4. The topological polar surface area (TPSA) is 133 Å². The summed E-state index contributed by atoms with van der Waals surface area (Å²) in [6, 6.07) is 18.6. The Balaban J connectivity index is 0.922. The Morgan fingerprint density at radius 3 is 2.37 bits per heavy atom. The van der Waals surface area contributed by atoms with Gasteiger partial charge >= 0.3 is 5.97 Å². The van der Waals surface area contributed by atoms with Crippen molar-refractivity contribution < 1.29 is 29.2 Å². The van der Waals surface area contributed by atoms with Crippen LogP contribution in [0.5, 0.6) is 17.2 Å². The van der Waals surface area contributed by atoms with Gasteiger partial charge in [0, 0.05) is 35.7 Å². The molecule has 2 aromatic carbocycles. The number of fused-ring (bicyclic) bond motifs is 1. The SMILES string of the molecule is CCc1cc(CNCCc2ccc(O)c3[nH]c(=O)ccc23)c(OC)cc1OCCCCN(C)[C@H]1CC[C@H](OC(=O)C(O)(c2cccs2)c2cccs2)CC1. The summed E-state index contributed by atoms with van der Waals surface area (Å²) in [6.07, 6.45) is 6.75. The fraction of sp³-hybridized carbons (Fsp3) is 0.429. The molecule has 12 heteroatoms. The predicted molar refractivity (Wildman–Crippen MR) is 215 cm³/mol. The van der Waals surface area contributed by atoms with Crippen molar-refractivity contribution in [2.75, 3.05) is 33.9 Å². The standard InChI is InChI=1S/C42H51N3O7S2/c1-4-28-25-30(27-43-20-19-29-11-17-34(46)40-33(29)16-18-39(47)44-40)35(50-3)26-36(28)51-22-6-5-21-45(2)31-12-14-32(15-13-31)52-41(48)42(49,37-9-7-23-53-37)38-10-8-24-54-38/h7-11,16-18,23-26,31-32,43,46,49H,4-6,12-15,19-22,27H2,1-3H3,(H,44,47)/t31-,32-. The number of ether oxygens (including phenoxy) is 3. The van der Waals surface area contributed by atoms with Gasteiger partial charge in [-0.3, -0.25) is 4.79 Å². The number of carbonyl (C=O) groups excluding carboxylic acids is 1. The normalized spacial score (nSPS) is 16.2. The van der Waals surface area contributed by atoms with Crippen LogP contribution >= 0.6 is 22.7 Å². The Morgan fingerprint density at radius 1 is 0.963 bits per heavy atom. The molecule has 6 rings (SSSR count). The molecule has 0 atom stereocenters. The average molecular weight is 774 g/mol. The smallest absolute Gasteiger partial charge is 0.349 e. The summed E-state index contributed by atoms with van der Waals surface area (Å²) in [6.45, 7) is 5.05. The number of carbonyl (C=O) groups is 1. The largest absolute Gasteiger partial charge is 0.506 e. The second-order valence-corrected chi connectivity index (χ2v) is 15.8. The summed E-state index contributed by atoms with van der Waals surface area (Å²) in [5.41, 5.74) is 1.71. The van der Waals surface area contributed by atoms with Gasteiger partial charge in [-0.1, -0.05) is 25.1 Å². The lowest BCUT2D eigenvalue weighted by molar-refractivity contribution is -0.169. The van der Waals surface area contributed by atoms with Gasteiger partial charge in [-0.25, -0.2) is 4.79 Å². The second-order valence-electron chi connectivity index (χ2n) is 13.9. The third-order valence-corrected chi connectivity index (χ3v) is 12.4. The number of phenols is 1. The van der Waals surface area contributed by atoms with Gasteiger partial charge in [0.25, 0.3) is 0 Å². The minimum absolute atomic E-state index is 0.0678. The molecule has 0 unspecified atom stereocenters. The number of aryl methyl sites for hydroxylation is 1. The first-order valence-corrected chi connectivity index (χ1v) is 20.6.